The average molecular weight is 500 g/mol. The van der Waals surface area contributed by atoms with E-state index in [0.29, 0.717) is 48.9 Å². The highest BCUT2D eigenvalue weighted by atomic mass is 35.5. The lowest BCUT2D eigenvalue weighted by Crippen LogP contribution is -2.54. The van der Waals surface area contributed by atoms with Gasteiger partial charge in [0.25, 0.3) is 11.8 Å². The third kappa shape index (κ3) is 5.03. The van der Waals surface area contributed by atoms with Crippen LogP contribution in [0.1, 0.15) is 26.3 Å². The molecule has 2 aliphatic rings. The van der Waals surface area contributed by atoms with Crippen molar-refractivity contribution in [3.63, 3.8) is 0 Å². The first kappa shape index (κ1) is 24.4. The highest BCUT2D eigenvalue weighted by Crippen LogP contribution is 2.32. The maximum absolute atomic E-state index is 13.9. The Labute approximate surface area is 198 Å². The van der Waals surface area contributed by atoms with Crippen LogP contribution in [-0.4, -0.2) is 83.0 Å². The number of piperazine rings is 1. The Morgan fingerprint density at radius 2 is 1.47 bits per heavy atom. The normalized spacial score (nSPS) is 21.7. The summed E-state index contributed by atoms with van der Waals surface area (Å²) in [4.78, 5) is 30.4. The van der Waals surface area contributed by atoms with Crippen LogP contribution in [0.3, 0.4) is 0 Å². The summed E-state index contributed by atoms with van der Waals surface area (Å²) in [5.74, 6) is -2.29. The van der Waals surface area contributed by atoms with Gasteiger partial charge in [-0.15, -0.1) is 0 Å². The van der Waals surface area contributed by atoms with Crippen LogP contribution < -0.4 is 0 Å². The quantitative estimate of drug-likeness (QED) is 0.659. The zero-order chi connectivity index (χ0) is 24.6. The minimum absolute atomic E-state index is 0.0178. The van der Waals surface area contributed by atoms with Gasteiger partial charge < -0.3 is 14.9 Å². The zero-order valence-electron chi connectivity index (χ0n) is 17.9. The number of amides is 2. The smallest absolute Gasteiger partial charge is 0.390 e. The monoisotopic (exact) mass is 499 g/mol. The summed E-state index contributed by atoms with van der Waals surface area (Å²) >= 11 is 5.87. The molecule has 34 heavy (non-hydrogen) atoms. The fourth-order valence-corrected chi connectivity index (χ4v) is 4.51. The summed E-state index contributed by atoms with van der Waals surface area (Å²) in [5.41, 5.74) is -1.12. The summed E-state index contributed by atoms with van der Waals surface area (Å²) in [6.45, 7) is 1.96. The van der Waals surface area contributed by atoms with Crippen molar-refractivity contribution < 1.29 is 32.3 Å². The number of halogens is 5. The molecule has 2 amide bonds. The number of β-amino-alcohol motifs (C(OH)–C–C–N with tert-alkyl or cyclic N) is 1. The van der Waals surface area contributed by atoms with E-state index < -0.39 is 35.6 Å². The van der Waals surface area contributed by atoms with Crippen molar-refractivity contribution in [3.05, 3.63) is 70.0 Å². The van der Waals surface area contributed by atoms with Crippen LogP contribution in [0.15, 0.2) is 42.5 Å². The van der Waals surface area contributed by atoms with Crippen LogP contribution in [-0.2, 0) is 6.18 Å². The van der Waals surface area contributed by atoms with E-state index in [1.807, 2.05) is 4.90 Å². The van der Waals surface area contributed by atoms with E-state index in [-0.39, 0.29) is 24.6 Å². The lowest BCUT2D eigenvalue weighted by atomic mass is 10.1. The van der Waals surface area contributed by atoms with Gasteiger partial charge >= 0.3 is 6.18 Å². The first-order valence-electron chi connectivity index (χ1n) is 10.7. The Bertz CT molecular complexity index is 1070. The Morgan fingerprint density at radius 1 is 0.882 bits per heavy atom. The zero-order valence-corrected chi connectivity index (χ0v) is 18.7. The predicted octanol–water partition coefficient (Wildman–Crippen LogP) is 3.14. The van der Waals surface area contributed by atoms with E-state index in [4.69, 9.17) is 11.6 Å². The van der Waals surface area contributed by atoms with E-state index in [9.17, 15) is 32.3 Å². The van der Waals surface area contributed by atoms with Crippen LogP contribution in [0.5, 0.6) is 0 Å². The third-order valence-electron chi connectivity index (χ3n) is 6.23. The molecule has 0 spiro atoms. The van der Waals surface area contributed by atoms with Crippen LogP contribution in [0, 0.1) is 5.82 Å². The molecule has 0 saturated carbocycles. The number of hydrogen-bond donors (Lipinski definition) is 1. The summed E-state index contributed by atoms with van der Waals surface area (Å²) < 4.78 is 52.2. The predicted molar refractivity (Wildman–Crippen MR) is 116 cm³/mol. The summed E-state index contributed by atoms with van der Waals surface area (Å²) in [6, 6.07) is 8.28. The number of benzene rings is 2. The van der Waals surface area contributed by atoms with E-state index in [0.717, 1.165) is 6.07 Å². The summed E-state index contributed by atoms with van der Waals surface area (Å²) in [5, 5.41) is 11.1. The van der Waals surface area contributed by atoms with Gasteiger partial charge in [0.2, 0.25) is 0 Å². The van der Waals surface area contributed by atoms with Gasteiger partial charge in [-0.2, -0.15) is 13.2 Å². The number of aliphatic hydroxyl groups is 1. The molecule has 0 radical (unpaired) electrons. The van der Waals surface area contributed by atoms with Crippen molar-refractivity contribution >= 4 is 23.4 Å². The Kier molecular flexibility index (Phi) is 6.84. The number of alkyl halides is 3. The van der Waals surface area contributed by atoms with Gasteiger partial charge in [0.1, 0.15) is 5.82 Å². The van der Waals surface area contributed by atoms with Gasteiger partial charge in [0.15, 0.2) is 0 Å². The molecular weight excluding hydrogens is 478 g/mol. The molecule has 2 fully saturated rings. The Morgan fingerprint density at radius 3 is 2.06 bits per heavy atom. The molecule has 2 saturated heterocycles. The maximum Gasteiger partial charge on any atom is 0.419 e. The SMILES string of the molecule is O=C(c1ccc(Cl)cc1)N1CCN(C2CN(C(=O)c3ccc(C(F)(F)F)c(F)c3)CC2O)CC1. The highest BCUT2D eigenvalue weighted by molar-refractivity contribution is 6.30. The number of likely N-dealkylation sites (tertiary alicyclic amines) is 1. The second-order valence-corrected chi connectivity index (χ2v) is 8.81. The van der Waals surface area contributed by atoms with Crippen molar-refractivity contribution in [2.24, 2.45) is 0 Å². The molecule has 182 valence electrons. The minimum Gasteiger partial charge on any atom is -0.390 e. The molecule has 2 heterocycles. The fourth-order valence-electron chi connectivity index (χ4n) is 4.39. The van der Waals surface area contributed by atoms with Gasteiger partial charge in [0.05, 0.1) is 17.7 Å². The average Bonchev–Trinajstić information content (AvgIpc) is 3.19. The second-order valence-electron chi connectivity index (χ2n) is 8.37. The lowest BCUT2D eigenvalue weighted by molar-refractivity contribution is -0.140. The fraction of sp³-hybridized carbons (Fsp3) is 0.391. The summed E-state index contributed by atoms with van der Waals surface area (Å²) in [6.07, 6.45) is -5.72. The van der Waals surface area contributed by atoms with Crippen molar-refractivity contribution in [1.82, 2.24) is 14.7 Å². The van der Waals surface area contributed by atoms with Gasteiger partial charge in [0, 0.05) is 55.4 Å². The largest absolute Gasteiger partial charge is 0.419 e. The molecule has 2 aromatic rings. The van der Waals surface area contributed by atoms with E-state index in [1.165, 1.54) is 4.90 Å². The molecule has 4 rings (SSSR count). The van der Waals surface area contributed by atoms with Crippen LogP contribution in [0.4, 0.5) is 17.6 Å². The second kappa shape index (κ2) is 9.52. The van der Waals surface area contributed by atoms with Crippen molar-refractivity contribution in [2.45, 2.75) is 18.3 Å². The molecule has 0 aromatic heterocycles. The number of rotatable bonds is 3. The van der Waals surface area contributed by atoms with E-state index >= 15 is 0 Å². The molecule has 6 nitrogen and oxygen atoms in total. The number of aliphatic hydroxyl groups excluding tert-OH is 1. The molecule has 11 heteroatoms. The number of carbonyl (C=O) groups is 2. The summed E-state index contributed by atoms with van der Waals surface area (Å²) in [7, 11) is 0. The molecule has 2 aliphatic heterocycles. The molecular formula is C23H22ClF4N3O3. The van der Waals surface area contributed by atoms with Crippen molar-refractivity contribution in [3.8, 4) is 0 Å². The van der Waals surface area contributed by atoms with Gasteiger partial charge in [-0.25, -0.2) is 4.39 Å². The standard InChI is InChI=1S/C23H22ClF4N3O3/c24-16-4-1-14(2-5-16)21(33)30-9-7-29(8-10-30)19-12-31(13-20(19)32)22(34)15-3-6-17(18(25)11-15)23(26,27)28/h1-6,11,19-20,32H,7-10,12-13H2. The maximum atomic E-state index is 13.9. The molecule has 2 aromatic carbocycles. The first-order chi connectivity index (χ1) is 16.0. The molecule has 0 bridgehead atoms. The van der Waals surface area contributed by atoms with Crippen LogP contribution in [0.25, 0.3) is 0 Å². The van der Waals surface area contributed by atoms with E-state index in [1.54, 1.807) is 29.2 Å². The number of nitrogens with zero attached hydrogens (tertiary/aromatic N) is 3. The lowest BCUT2D eigenvalue weighted by Gasteiger charge is -2.38. The number of hydrogen-bond acceptors (Lipinski definition) is 4. The third-order valence-corrected chi connectivity index (χ3v) is 6.48. The topological polar surface area (TPSA) is 64.1 Å². The first-order valence-corrected chi connectivity index (χ1v) is 11.1. The Hall–Kier alpha value is -2.69. The van der Waals surface area contributed by atoms with Crippen molar-refractivity contribution in [1.29, 1.82) is 0 Å². The molecule has 2 unspecified atom stereocenters. The van der Waals surface area contributed by atoms with Gasteiger partial charge in [-0.3, -0.25) is 14.5 Å². The van der Waals surface area contributed by atoms with E-state index in [2.05, 4.69) is 0 Å². The van der Waals surface area contributed by atoms with Gasteiger partial charge in [-0.1, -0.05) is 11.6 Å². The molecule has 2 atom stereocenters. The Balaban J connectivity index is 1.36. The molecule has 1 N–H and O–H groups in total. The van der Waals surface area contributed by atoms with Crippen LogP contribution in [0.2, 0.25) is 5.02 Å². The van der Waals surface area contributed by atoms with Gasteiger partial charge in [-0.05, 0) is 42.5 Å². The van der Waals surface area contributed by atoms with Crippen molar-refractivity contribution in [2.75, 3.05) is 39.3 Å². The number of carbonyl (C=O) groups excluding carboxylic acids is 2. The highest BCUT2D eigenvalue weighted by Gasteiger charge is 2.40. The molecule has 0 aliphatic carbocycles. The minimum atomic E-state index is -4.85. The van der Waals surface area contributed by atoms with Crippen LogP contribution >= 0.6 is 11.6 Å².